The molecule has 2 saturated heterocycles. The van der Waals surface area contributed by atoms with Crippen molar-refractivity contribution < 1.29 is 34.3 Å². The third-order valence-corrected chi connectivity index (χ3v) is 3.07. The Morgan fingerprint density at radius 2 is 2.22 bits per heavy atom. The van der Waals surface area contributed by atoms with E-state index in [-0.39, 0.29) is 13.0 Å². The molecule has 0 aromatic carbocycles. The van der Waals surface area contributed by atoms with Gasteiger partial charge in [0.1, 0.15) is 18.4 Å². The molecule has 2 aliphatic heterocycles. The van der Waals surface area contributed by atoms with Gasteiger partial charge in [0.2, 0.25) is 0 Å². The van der Waals surface area contributed by atoms with Gasteiger partial charge in [-0.3, -0.25) is 4.90 Å². The Balaban J connectivity index is 2.15. The van der Waals surface area contributed by atoms with Gasteiger partial charge in [0, 0.05) is 13.0 Å². The van der Waals surface area contributed by atoms with E-state index in [1.165, 1.54) is 0 Å². The van der Waals surface area contributed by atoms with Gasteiger partial charge in [0.15, 0.2) is 6.23 Å². The summed E-state index contributed by atoms with van der Waals surface area (Å²) in [5.41, 5.74) is 0. The summed E-state index contributed by atoms with van der Waals surface area (Å²) < 4.78 is 18.9. The maximum absolute atomic E-state index is 13.9. The van der Waals surface area contributed by atoms with Crippen LogP contribution < -0.4 is 5.32 Å². The number of urea groups is 1. The fourth-order valence-corrected chi connectivity index (χ4v) is 2.06. The van der Waals surface area contributed by atoms with Gasteiger partial charge >= 0.3 is 6.03 Å². The van der Waals surface area contributed by atoms with Crippen molar-refractivity contribution >= 4 is 6.03 Å². The summed E-state index contributed by atoms with van der Waals surface area (Å²) in [7, 11) is 0. The molecule has 0 aromatic heterocycles. The molecule has 0 aromatic rings. The summed E-state index contributed by atoms with van der Waals surface area (Å²) in [6, 6.07) is -0.819. The van der Waals surface area contributed by atoms with Crippen LogP contribution in [0.4, 0.5) is 9.18 Å². The van der Waals surface area contributed by atoms with Gasteiger partial charge in [-0.15, -0.1) is 0 Å². The van der Waals surface area contributed by atoms with Gasteiger partial charge < -0.3 is 30.5 Å². The topological polar surface area (TPSA) is 122 Å². The standard InChI is InChI=1S/C9H15FN2O6/c10-9(17)6(15)4(3-13)18-7(9)12-2-1-5(14)11-8(12)16/h4-7,13-15,17H,1-3H2,(H,11,16)/t4-,5?,6-,7?,9-/m1/s1. The largest absolute Gasteiger partial charge is 0.394 e. The third-order valence-electron chi connectivity index (χ3n) is 3.07. The van der Waals surface area contributed by atoms with E-state index in [2.05, 4.69) is 5.32 Å². The number of hydrogen-bond donors (Lipinski definition) is 5. The van der Waals surface area contributed by atoms with E-state index >= 15 is 0 Å². The summed E-state index contributed by atoms with van der Waals surface area (Å²) in [5.74, 6) is -3.17. The number of ether oxygens (including phenoxy) is 1. The van der Waals surface area contributed by atoms with E-state index in [9.17, 15) is 24.5 Å². The predicted octanol–water partition coefficient (Wildman–Crippen LogP) is -2.54. The summed E-state index contributed by atoms with van der Waals surface area (Å²) in [5, 5.41) is 39.1. The van der Waals surface area contributed by atoms with Crippen molar-refractivity contribution in [1.82, 2.24) is 10.2 Å². The molecule has 2 amide bonds. The summed E-state index contributed by atoms with van der Waals surface area (Å²) in [4.78, 5) is 12.4. The molecule has 5 atom stereocenters. The monoisotopic (exact) mass is 266 g/mol. The maximum atomic E-state index is 13.9. The minimum absolute atomic E-state index is 0.0469. The normalized spacial score (nSPS) is 45.2. The highest BCUT2D eigenvalue weighted by atomic mass is 19.2. The highest BCUT2D eigenvalue weighted by molar-refractivity contribution is 5.75. The van der Waals surface area contributed by atoms with Gasteiger partial charge in [-0.1, -0.05) is 0 Å². The van der Waals surface area contributed by atoms with Crippen molar-refractivity contribution in [2.45, 2.75) is 36.9 Å². The second kappa shape index (κ2) is 4.59. The summed E-state index contributed by atoms with van der Waals surface area (Å²) in [6.07, 6.45) is -5.91. The number of hydrogen-bond acceptors (Lipinski definition) is 6. The van der Waals surface area contributed by atoms with Crippen LogP contribution in [0, 0.1) is 0 Å². The average molecular weight is 266 g/mol. The predicted molar refractivity (Wildman–Crippen MR) is 53.7 cm³/mol. The number of nitrogens with zero attached hydrogens (tertiary/aromatic N) is 1. The number of aliphatic hydroxyl groups is 4. The molecule has 0 radical (unpaired) electrons. The molecule has 9 heteroatoms. The van der Waals surface area contributed by atoms with Crippen LogP contribution in [0.25, 0.3) is 0 Å². The van der Waals surface area contributed by atoms with Crippen LogP contribution in [0.15, 0.2) is 0 Å². The minimum atomic E-state index is -3.17. The molecule has 18 heavy (non-hydrogen) atoms. The van der Waals surface area contributed by atoms with Crippen molar-refractivity contribution in [2.24, 2.45) is 0 Å². The number of rotatable bonds is 2. The highest BCUT2D eigenvalue weighted by Gasteiger charge is 2.59. The molecule has 2 fully saturated rings. The number of amides is 2. The van der Waals surface area contributed by atoms with E-state index in [0.29, 0.717) is 0 Å². The molecule has 8 nitrogen and oxygen atoms in total. The maximum Gasteiger partial charge on any atom is 0.321 e. The molecule has 2 heterocycles. The number of aliphatic hydroxyl groups excluding tert-OH is 3. The lowest BCUT2D eigenvalue weighted by Gasteiger charge is -2.37. The van der Waals surface area contributed by atoms with Gasteiger partial charge in [-0.05, 0) is 0 Å². The van der Waals surface area contributed by atoms with Crippen LogP contribution in [0.5, 0.6) is 0 Å². The summed E-state index contributed by atoms with van der Waals surface area (Å²) >= 11 is 0. The lowest BCUT2D eigenvalue weighted by Crippen LogP contribution is -2.61. The Hall–Kier alpha value is -1.00. The van der Waals surface area contributed by atoms with E-state index in [4.69, 9.17) is 9.84 Å². The van der Waals surface area contributed by atoms with Crippen LogP contribution in [0.1, 0.15) is 6.42 Å². The smallest absolute Gasteiger partial charge is 0.321 e. The molecular formula is C9H15FN2O6. The fraction of sp³-hybridized carbons (Fsp3) is 0.889. The van der Waals surface area contributed by atoms with Crippen molar-refractivity contribution in [3.63, 3.8) is 0 Å². The fourth-order valence-electron chi connectivity index (χ4n) is 2.06. The Kier molecular flexibility index (Phi) is 3.43. The third kappa shape index (κ3) is 2.04. The van der Waals surface area contributed by atoms with Gasteiger partial charge in [-0.2, -0.15) is 0 Å². The molecule has 5 N–H and O–H groups in total. The van der Waals surface area contributed by atoms with Crippen LogP contribution in [-0.4, -0.2) is 75.0 Å². The average Bonchev–Trinajstić information content (AvgIpc) is 2.52. The molecule has 0 spiro atoms. The lowest BCUT2D eigenvalue weighted by atomic mass is 10.1. The van der Waals surface area contributed by atoms with E-state index < -0.39 is 43.2 Å². The second-order valence-corrected chi connectivity index (χ2v) is 4.33. The lowest BCUT2D eigenvalue weighted by molar-refractivity contribution is -0.207. The first-order chi connectivity index (χ1) is 8.37. The van der Waals surface area contributed by atoms with Gasteiger partial charge in [-0.25, -0.2) is 9.18 Å². The molecule has 0 saturated carbocycles. The molecule has 0 aliphatic carbocycles. The molecule has 2 aliphatic rings. The zero-order valence-corrected chi connectivity index (χ0v) is 9.36. The van der Waals surface area contributed by atoms with Crippen LogP contribution in [0.3, 0.4) is 0 Å². The van der Waals surface area contributed by atoms with Crippen LogP contribution in [0.2, 0.25) is 0 Å². The molecule has 0 bridgehead atoms. The number of nitrogens with one attached hydrogen (secondary N) is 1. The number of alkyl halides is 1. The van der Waals surface area contributed by atoms with E-state index in [1.54, 1.807) is 0 Å². The second-order valence-electron chi connectivity index (χ2n) is 4.33. The van der Waals surface area contributed by atoms with E-state index in [1.807, 2.05) is 0 Å². The SMILES string of the molecule is O=C1NC(O)CCN1C1O[C@H](CO)[C@@H](O)[C@]1(O)F. The molecular weight excluding hydrogens is 251 g/mol. The van der Waals surface area contributed by atoms with Crippen molar-refractivity contribution in [3.05, 3.63) is 0 Å². The zero-order chi connectivity index (χ0) is 13.5. The molecule has 2 unspecified atom stereocenters. The molecule has 104 valence electrons. The Morgan fingerprint density at radius 1 is 1.56 bits per heavy atom. The van der Waals surface area contributed by atoms with Crippen molar-refractivity contribution in [2.75, 3.05) is 13.2 Å². The quantitative estimate of drug-likeness (QED) is 0.375. The first kappa shape index (κ1) is 13.4. The van der Waals surface area contributed by atoms with E-state index in [0.717, 1.165) is 4.90 Å². The van der Waals surface area contributed by atoms with Crippen LogP contribution in [-0.2, 0) is 4.74 Å². The number of halogens is 1. The van der Waals surface area contributed by atoms with Gasteiger partial charge in [0.25, 0.3) is 5.85 Å². The highest BCUT2D eigenvalue weighted by Crippen LogP contribution is 2.35. The van der Waals surface area contributed by atoms with Crippen molar-refractivity contribution in [1.29, 1.82) is 0 Å². The van der Waals surface area contributed by atoms with Crippen molar-refractivity contribution in [3.8, 4) is 0 Å². The first-order valence-electron chi connectivity index (χ1n) is 5.48. The minimum Gasteiger partial charge on any atom is -0.394 e. The molecule has 2 rings (SSSR count). The number of carbonyl (C=O) groups is 1. The Labute approximate surface area is 102 Å². The Bertz CT molecular complexity index is 341. The first-order valence-corrected chi connectivity index (χ1v) is 5.48. The Morgan fingerprint density at radius 3 is 2.72 bits per heavy atom. The van der Waals surface area contributed by atoms with Crippen LogP contribution >= 0.6 is 0 Å². The number of carbonyl (C=O) groups excluding carboxylic acids is 1. The zero-order valence-electron chi connectivity index (χ0n) is 9.36. The van der Waals surface area contributed by atoms with Gasteiger partial charge in [0.05, 0.1) is 6.61 Å². The summed E-state index contributed by atoms with van der Waals surface area (Å²) in [6.45, 7) is -0.739.